The Morgan fingerprint density at radius 1 is 1.24 bits per heavy atom. The predicted octanol–water partition coefficient (Wildman–Crippen LogP) is 1.12. The lowest BCUT2D eigenvalue weighted by molar-refractivity contribution is 0.0341. The van der Waals surface area contributed by atoms with E-state index < -0.39 is 0 Å². The highest BCUT2D eigenvalue weighted by Gasteiger charge is 2.12. The minimum absolute atomic E-state index is 0.248. The van der Waals surface area contributed by atoms with E-state index in [0.29, 0.717) is 17.3 Å². The van der Waals surface area contributed by atoms with Crippen molar-refractivity contribution in [2.75, 3.05) is 38.7 Å². The van der Waals surface area contributed by atoms with Gasteiger partial charge in [-0.3, -0.25) is 9.69 Å². The minimum Gasteiger partial charge on any atom is -0.379 e. The summed E-state index contributed by atoms with van der Waals surface area (Å²) in [6.45, 7) is 6.17. The molecule has 0 aliphatic carbocycles. The lowest BCUT2D eigenvalue weighted by atomic mass is 10.2. The second kappa shape index (κ2) is 8.00. The maximum absolute atomic E-state index is 11.6. The molecule has 2 aromatic heterocycles. The van der Waals surface area contributed by atoms with Crippen LogP contribution in [0.3, 0.4) is 0 Å². The first kappa shape index (κ1) is 17.2. The molecule has 2 N–H and O–H groups in total. The van der Waals surface area contributed by atoms with Gasteiger partial charge in [-0.15, -0.1) is 10.2 Å². The third-order valence-electron chi connectivity index (χ3n) is 4.02. The number of hydrogen-bond donors (Lipinski definition) is 2. The van der Waals surface area contributed by atoms with Crippen molar-refractivity contribution in [2.24, 2.45) is 0 Å². The monoisotopic (exact) mass is 342 g/mol. The zero-order chi connectivity index (χ0) is 17.6. The van der Waals surface area contributed by atoms with Gasteiger partial charge in [0.1, 0.15) is 5.82 Å². The first-order chi connectivity index (χ1) is 12.2. The molecule has 0 saturated carbocycles. The van der Waals surface area contributed by atoms with Gasteiger partial charge < -0.3 is 15.4 Å². The van der Waals surface area contributed by atoms with Crippen molar-refractivity contribution in [3.63, 3.8) is 0 Å². The fourth-order valence-electron chi connectivity index (χ4n) is 2.63. The van der Waals surface area contributed by atoms with Crippen LogP contribution in [0, 0.1) is 6.92 Å². The van der Waals surface area contributed by atoms with Crippen LogP contribution in [-0.4, -0.2) is 59.3 Å². The first-order valence-electron chi connectivity index (χ1n) is 8.24. The number of ether oxygens (including phenoxy) is 1. The van der Waals surface area contributed by atoms with Gasteiger partial charge in [0.25, 0.3) is 5.91 Å². The van der Waals surface area contributed by atoms with E-state index in [-0.39, 0.29) is 5.91 Å². The molecule has 25 heavy (non-hydrogen) atoms. The molecule has 1 aliphatic rings. The average Bonchev–Trinajstić information content (AvgIpc) is 2.64. The smallest absolute Gasteiger partial charge is 0.271 e. The number of aryl methyl sites for hydroxylation is 1. The number of hydrogen-bond acceptors (Lipinski definition) is 7. The topological polar surface area (TPSA) is 92.3 Å². The van der Waals surface area contributed by atoms with Gasteiger partial charge in [0.15, 0.2) is 11.5 Å². The molecule has 0 aromatic carbocycles. The van der Waals surface area contributed by atoms with Crippen LogP contribution in [0.4, 0.5) is 11.6 Å². The highest BCUT2D eigenvalue weighted by Crippen LogP contribution is 2.15. The summed E-state index contributed by atoms with van der Waals surface area (Å²) in [6.07, 6.45) is 1.86. The molecule has 0 bridgehead atoms. The fraction of sp³-hybridized carbons (Fsp3) is 0.412. The van der Waals surface area contributed by atoms with Crippen molar-refractivity contribution in [2.45, 2.75) is 13.5 Å². The molecule has 1 aliphatic heterocycles. The van der Waals surface area contributed by atoms with Crippen molar-refractivity contribution in [3.05, 3.63) is 41.2 Å². The van der Waals surface area contributed by atoms with Gasteiger partial charge in [-0.05, 0) is 30.2 Å². The number of rotatable bonds is 5. The Bertz CT molecular complexity index is 728. The zero-order valence-electron chi connectivity index (χ0n) is 14.5. The second-order valence-corrected chi connectivity index (χ2v) is 5.91. The maximum atomic E-state index is 11.6. The van der Waals surface area contributed by atoms with Crippen LogP contribution >= 0.6 is 0 Å². The SMILES string of the molecule is CNC(=O)c1nnc(Nc2ccc(CN3CCOCC3)cn2)cc1C. The van der Waals surface area contributed by atoms with E-state index in [1.807, 2.05) is 25.3 Å². The molecule has 1 amide bonds. The first-order valence-corrected chi connectivity index (χ1v) is 8.24. The van der Waals surface area contributed by atoms with Crippen molar-refractivity contribution in [1.29, 1.82) is 0 Å². The Kier molecular flexibility index (Phi) is 5.52. The van der Waals surface area contributed by atoms with E-state index in [1.165, 1.54) is 0 Å². The number of anilines is 2. The molecule has 0 spiro atoms. The standard InChI is InChI=1S/C17H22N6O2/c1-12-9-15(21-22-16(12)17(24)18-2)20-14-4-3-13(10-19-14)11-23-5-7-25-8-6-23/h3-4,9-10H,5-8,11H2,1-2H3,(H,18,24)(H,19,20,21). The number of morpholine rings is 1. The fourth-order valence-corrected chi connectivity index (χ4v) is 2.63. The van der Waals surface area contributed by atoms with Gasteiger partial charge in [-0.1, -0.05) is 6.07 Å². The Morgan fingerprint density at radius 2 is 2.04 bits per heavy atom. The summed E-state index contributed by atoms with van der Waals surface area (Å²) >= 11 is 0. The van der Waals surface area contributed by atoms with Crippen molar-refractivity contribution in [3.8, 4) is 0 Å². The summed E-state index contributed by atoms with van der Waals surface area (Å²) in [5, 5.41) is 13.7. The molecule has 1 fully saturated rings. The third-order valence-corrected chi connectivity index (χ3v) is 4.02. The molecular weight excluding hydrogens is 320 g/mol. The molecule has 0 radical (unpaired) electrons. The van der Waals surface area contributed by atoms with Crippen molar-refractivity contribution >= 4 is 17.5 Å². The summed E-state index contributed by atoms with van der Waals surface area (Å²) < 4.78 is 5.36. The Balaban J connectivity index is 1.63. The molecule has 0 unspecified atom stereocenters. The van der Waals surface area contributed by atoms with Crippen molar-refractivity contribution in [1.82, 2.24) is 25.4 Å². The number of nitrogens with one attached hydrogen (secondary N) is 2. The highest BCUT2D eigenvalue weighted by atomic mass is 16.5. The molecule has 3 heterocycles. The quantitative estimate of drug-likeness (QED) is 0.841. The summed E-state index contributed by atoms with van der Waals surface area (Å²) in [5.41, 5.74) is 2.23. The number of carbonyl (C=O) groups is 1. The summed E-state index contributed by atoms with van der Waals surface area (Å²) in [6, 6.07) is 5.74. The Hall–Kier alpha value is -2.58. The van der Waals surface area contributed by atoms with Gasteiger partial charge >= 0.3 is 0 Å². The normalized spacial score (nSPS) is 15.0. The van der Waals surface area contributed by atoms with Crippen LogP contribution < -0.4 is 10.6 Å². The van der Waals surface area contributed by atoms with E-state index in [9.17, 15) is 4.79 Å². The van der Waals surface area contributed by atoms with Gasteiger partial charge in [-0.25, -0.2) is 4.98 Å². The molecule has 8 nitrogen and oxygen atoms in total. The van der Waals surface area contributed by atoms with Crippen molar-refractivity contribution < 1.29 is 9.53 Å². The van der Waals surface area contributed by atoms with E-state index in [2.05, 4.69) is 30.7 Å². The van der Waals surface area contributed by atoms with E-state index in [4.69, 9.17) is 4.74 Å². The largest absolute Gasteiger partial charge is 0.379 e. The molecule has 132 valence electrons. The van der Waals surface area contributed by atoms with E-state index in [1.54, 1.807) is 13.1 Å². The zero-order valence-corrected chi connectivity index (χ0v) is 14.5. The third kappa shape index (κ3) is 4.49. The maximum Gasteiger partial charge on any atom is 0.271 e. The summed E-state index contributed by atoms with van der Waals surface area (Å²) in [5.74, 6) is 0.993. The van der Waals surface area contributed by atoms with E-state index in [0.717, 1.165) is 44.0 Å². The van der Waals surface area contributed by atoms with Crippen LogP contribution in [-0.2, 0) is 11.3 Å². The van der Waals surface area contributed by atoms with Gasteiger partial charge in [0.05, 0.1) is 13.2 Å². The number of nitrogens with zero attached hydrogens (tertiary/aromatic N) is 4. The number of carbonyl (C=O) groups excluding carboxylic acids is 1. The lowest BCUT2D eigenvalue weighted by Gasteiger charge is -2.26. The number of aromatic nitrogens is 3. The minimum atomic E-state index is -0.248. The number of amides is 1. The van der Waals surface area contributed by atoms with Crippen LogP contribution in [0.2, 0.25) is 0 Å². The number of pyridine rings is 1. The van der Waals surface area contributed by atoms with E-state index >= 15 is 0 Å². The van der Waals surface area contributed by atoms with Crippen LogP contribution in [0.25, 0.3) is 0 Å². The predicted molar refractivity (Wildman–Crippen MR) is 93.8 cm³/mol. The molecule has 8 heteroatoms. The lowest BCUT2D eigenvalue weighted by Crippen LogP contribution is -2.35. The molecular formula is C17H22N6O2. The average molecular weight is 342 g/mol. The van der Waals surface area contributed by atoms with Gasteiger partial charge in [0.2, 0.25) is 0 Å². The Morgan fingerprint density at radius 3 is 2.68 bits per heavy atom. The van der Waals surface area contributed by atoms with Crippen LogP contribution in [0.15, 0.2) is 24.4 Å². The molecule has 3 rings (SSSR count). The summed E-state index contributed by atoms with van der Waals surface area (Å²) in [4.78, 5) is 18.4. The van der Waals surface area contributed by atoms with Crippen LogP contribution in [0.1, 0.15) is 21.6 Å². The Labute approximate surface area is 146 Å². The molecule has 1 saturated heterocycles. The highest BCUT2D eigenvalue weighted by molar-refractivity contribution is 5.93. The molecule has 2 aromatic rings. The van der Waals surface area contributed by atoms with Gasteiger partial charge in [0, 0.05) is 32.9 Å². The van der Waals surface area contributed by atoms with Gasteiger partial charge in [-0.2, -0.15) is 0 Å². The van der Waals surface area contributed by atoms with Crippen LogP contribution in [0.5, 0.6) is 0 Å². The summed E-state index contributed by atoms with van der Waals surface area (Å²) in [7, 11) is 1.57. The second-order valence-electron chi connectivity index (χ2n) is 5.91. The molecule has 0 atom stereocenters.